The molecule has 0 unspecified atom stereocenters. The Labute approximate surface area is 174 Å². The molecule has 28 heavy (non-hydrogen) atoms. The number of amides is 3. The largest absolute Gasteiger partial charge is 0.365 e. The first kappa shape index (κ1) is 20.6. The fourth-order valence-electron chi connectivity index (χ4n) is 3.38. The lowest BCUT2D eigenvalue weighted by Gasteiger charge is -2.14. The third-order valence-electron chi connectivity index (χ3n) is 4.79. The smallest absolute Gasteiger partial charge is 0.319 e. The highest BCUT2D eigenvalue weighted by Crippen LogP contribution is 2.36. The minimum atomic E-state index is -0.586. The molecule has 0 spiro atoms. The fourth-order valence-corrected chi connectivity index (χ4v) is 4.54. The minimum absolute atomic E-state index is 0.302. The number of hydrogen-bond donors (Lipinski definition) is 3. The van der Waals surface area contributed by atoms with Crippen LogP contribution in [0.3, 0.4) is 0 Å². The fraction of sp³-hybridized carbons (Fsp3) is 0.400. The molecule has 1 aromatic heterocycles. The molecule has 8 heteroatoms. The second-order valence-electron chi connectivity index (χ2n) is 6.86. The normalized spacial score (nSPS) is 14.2. The zero-order chi connectivity index (χ0) is 19.9. The van der Waals surface area contributed by atoms with Gasteiger partial charge in [0.25, 0.3) is 5.91 Å². The Morgan fingerprint density at radius 2 is 2.00 bits per heavy atom. The summed E-state index contributed by atoms with van der Waals surface area (Å²) in [6, 6.07) is 6.85. The maximum atomic E-state index is 12.2. The van der Waals surface area contributed by atoms with Gasteiger partial charge in [0.05, 0.1) is 5.56 Å². The number of hydrogen-bond acceptors (Lipinski definition) is 4. The monoisotopic (exact) mass is 420 g/mol. The number of carbonyl (C=O) groups excluding carboxylic acids is 2. The van der Waals surface area contributed by atoms with Crippen LogP contribution in [0.1, 0.15) is 36.0 Å². The molecule has 0 bridgehead atoms. The highest BCUT2D eigenvalue weighted by atomic mass is 35.5. The van der Waals surface area contributed by atoms with Crippen molar-refractivity contribution in [2.45, 2.75) is 25.7 Å². The number of benzene rings is 1. The van der Waals surface area contributed by atoms with Crippen LogP contribution in [0.25, 0.3) is 11.1 Å². The summed E-state index contributed by atoms with van der Waals surface area (Å²) in [5.41, 5.74) is 7.32. The van der Waals surface area contributed by atoms with Crippen molar-refractivity contribution in [3.63, 3.8) is 0 Å². The third kappa shape index (κ3) is 5.47. The second kappa shape index (κ2) is 9.91. The molecule has 0 aliphatic carbocycles. The van der Waals surface area contributed by atoms with E-state index in [0.29, 0.717) is 27.7 Å². The Bertz CT molecular complexity index is 833. The van der Waals surface area contributed by atoms with Crippen molar-refractivity contribution >= 4 is 39.9 Å². The summed E-state index contributed by atoms with van der Waals surface area (Å²) >= 11 is 7.32. The number of anilines is 1. The second-order valence-corrected chi connectivity index (χ2v) is 8.18. The van der Waals surface area contributed by atoms with Crippen LogP contribution >= 0.6 is 22.9 Å². The number of nitrogens with zero attached hydrogens (tertiary/aromatic N) is 1. The van der Waals surface area contributed by atoms with Gasteiger partial charge in [-0.05, 0) is 63.0 Å². The van der Waals surface area contributed by atoms with Gasteiger partial charge < -0.3 is 16.0 Å². The van der Waals surface area contributed by atoms with Gasteiger partial charge in [-0.25, -0.2) is 4.79 Å². The Kier molecular flexibility index (Phi) is 7.30. The van der Waals surface area contributed by atoms with Crippen molar-refractivity contribution in [3.8, 4) is 11.1 Å². The number of primary amides is 1. The number of unbranched alkanes of at least 4 members (excludes halogenated alkanes) is 1. The van der Waals surface area contributed by atoms with E-state index in [-0.39, 0.29) is 6.03 Å². The number of rotatable bonds is 8. The summed E-state index contributed by atoms with van der Waals surface area (Å²) in [6.45, 7) is 4.06. The van der Waals surface area contributed by atoms with E-state index in [0.717, 1.165) is 24.9 Å². The molecule has 1 aliphatic rings. The van der Waals surface area contributed by atoms with Gasteiger partial charge in [-0.3, -0.25) is 10.1 Å². The number of halogens is 1. The Morgan fingerprint density at radius 1 is 1.21 bits per heavy atom. The predicted octanol–water partition coefficient (Wildman–Crippen LogP) is 4.16. The number of likely N-dealkylation sites (tertiary alicyclic amines) is 1. The van der Waals surface area contributed by atoms with Crippen LogP contribution in [0.4, 0.5) is 9.80 Å². The highest BCUT2D eigenvalue weighted by molar-refractivity contribution is 7.15. The molecule has 1 saturated heterocycles. The first-order valence-corrected chi connectivity index (χ1v) is 10.7. The molecule has 1 fully saturated rings. The summed E-state index contributed by atoms with van der Waals surface area (Å²) in [5.74, 6) is -0.586. The first-order valence-electron chi connectivity index (χ1n) is 9.49. The molecular weight excluding hydrogens is 396 g/mol. The minimum Gasteiger partial charge on any atom is -0.365 e. The number of urea groups is 1. The van der Waals surface area contributed by atoms with Crippen LogP contribution in [0, 0.1) is 0 Å². The van der Waals surface area contributed by atoms with Crippen molar-refractivity contribution in [1.29, 1.82) is 0 Å². The Morgan fingerprint density at radius 3 is 2.71 bits per heavy atom. The standard InChI is InChI=1S/C20H25ClN4O2S/c21-15-7-5-6-14(12-15)16-13-28-19(17(16)18(22)26)24-20(27)23-8-1-2-9-25-10-3-4-11-25/h5-7,12-13H,1-4,8-11H2,(H2,22,26)(H2,23,24,27). The van der Waals surface area contributed by atoms with Crippen LogP contribution in [-0.4, -0.2) is 43.0 Å². The van der Waals surface area contributed by atoms with Crippen molar-refractivity contribution in [2.24, 2.45) is 5.73 Å². The molecule has 150 valence electrons. The first-order chi connectivity index (χ1) is 13.5. The molecule has 0 saturated carbocycles. The van der Waals surface area contributed by atoms with Crippen LogP contribution in [-0.2, 0) is 0 Å². The van der Waals surface area contributed by atoms with Crippen molar-refractivity contribution in [2.75, 3.05) is 31.5 Å². The Balaban J connectivity index is 1.54. The van der Waals surface area contributed by atoms with Gasteiger partial charge in [0.15, 0.2) is 0 Å². The van der Waals surface area contributed by atoms with E-state index in [2.05, 4.69) is 15.5 Å². The van der Waals surface area contributed by atoms with Crippen LogP contribution in [0.2, 0.25) is 5.02 Å². The van der Waals surface area contributed by atoms with E-state index in [9.17, 15) is 9.59 Å². The maximum Gasteiger partial charge on any atom is 0.319 e. The van der Waals surface area contributed by atoms with E-state index in [1.807, 2.05) is 12.1 Å². The number of nitrogens with two attached hydrogens (primary N) is 1. The molecule has 2 heterocycles. The van der Waals surface area contributed by atoms with E-state index in [4.69, 9.17) is 17.3 Å². The average molecular weight is 421 g/mol. The molecule has 3 amide bonds. The van der Waals surface area contributed by atoms with Gasteiger partial charge in [0.1, 0.15) is 5.00 Å². The van der Waals surface area contributed by atoms with Gasteiger partial charge in [0.2, 0.25) is 0 Å². The molecule has 4 N–H and O–H groups in total. The van der Waals surface area contributed by atoms with E-state index < -0.39 is 5.91 Å². The molecule has 3 rings (SSSR count). The van der Waals surface area contributed by atoms with Gasteiger partial charge in [-0.1, -0.05) is 23.7 Å². The number of nitrogens with one attached hydrogen (secondary N) is 2. The lowest BCUT2D eigenvalue weighted by atomic mass is 10.0. The molecular formula is C20H25ClN4O2S. The van der Waals surface area contributed by atoms with E-state index in [1.54, 1.807) is 17.5 Å². The molecule has 1 aromatic carbocycles. The summed E-state index contributed by atoms with van der Waals surface area (Å²) < 4.78 is 0. The van der Waals surface area contributed by atoms with Gasteiger partial charge in [-0.15, -0.1) is 11.3 Å². The Hall–Kier alpha value is -2.09. The zero-order valence-electron chi connectivity index (χ0n) is 15.7. The summed E-state index contributed by atoms with van der Waals surface area (Å²) in [7, 11) is 0. The van der Waals surface area contributed by atoms with Crippen LogP contribution in [0.5, 0.6) is 0 Å². The zero-order valence-corrected chi connectivity index (χ0v) is 17.2. The lowest BCUT2D eigenvalue weighted by Crippen LogP contribution is -2.30. The lowest BCUT2D eigenvalue weighted by molar-refractivity contribution is 0.100. The SMILES string of the molecule is NC(=O)c1c(-c2cccc(Cl)c2)csc1NC(=O)NCCCCN1CCCC1. The maximum absolute atomic E-state index is 12.2. The topological polar surface area (TPSA) is 87.5 Å². The predicted molar refractivity (Wildman–Crippen MR) is 115 cm³/mol. The van der Waals surface area contributed by atoms with Crippen molar-refractivity contribution in [3.05, 3.63) is 40.2 Å². The third-order valence-corrected chi connectivity index (χ3v) is 5.92. The summed E-state index contributed by atoms with van der Waals surface area (Å²) in [6.07, 6.45) is 4.57. The number of carbonyl (C=O) groups is 2. The molecule has 1 aliphatic heterocycles. The van der Waals surface area contributed by atoms with Gasteiger partial charge >= 0.3 is 6.03 Å². The van der Waals surface area contributed by atoms with Crippen molar-refractivity contribution < 1.29 is 9.59 Å². The average Bonchev–Trinajstić information content (AvgIpc) is 3.31. The highest BCUT2D eigenvalue weighted by Gasteiger charge is 2.19. The van der Waals surface area contributed by atoms with Gasteiger partial charge in [0, 0.05) is 22.5 Å². The molecule has 0 radical (unpaired) electrons. The summed E-state index contributed by atoms with van der Waals surface area (Å²) in [5, 5.41) is 8.41. The quantitative estimate of drug-likeness (QED) is 0.560. The molecule has 0 atom stereocenters. The van der Waals surface area contributed by atoms with Crippen molar-refractivity contribution in [1.82, 2.24) is 10.2 Å². The van der Waals surface area contributed by atoms with E-state index in [1.165, 1.54) is 37.3 Å². The molecule has 6 nitrogen and oxygen atoms in total. The van der Waals surface area contributed by atoms with E-state index >= 15 is 0 Å². The summed E-state index contributed by atoms with van der Waals surface area (Å²) in [4.78, 5) is 26.7. The number of thiophene rings is 1. The molecule has 2 aromatic rings. The van der Waals surface area contributed by atoms with Crippen LogP contribution < -0.4 is 16.4 Å². The van der Waals surface area contributed by atoms with Gasteiger partial charge in [-0.2, -0.15) is 0 Å². The van der Waals surface area contributed by atoms with Crippen LogP contribution in [0.15, 0.2) is 29.6 Å².